The van der Waals surface area contributed by atoms with Crippen molar-refractivity contribution in [2.75, 3.05) is 23.0 Å². The summed E-state index contributed by atoms with van der Waals surface area (Å²) in [5.41, 5.74) is 8.81. The van der Waals surface area contributed by atoms with E-state index in [2.05, 4.69) is 30.4 Å². The molecule has 3 aliphatic rings. The van der Waals surface area contributed by atoms with Gasteiger partial charge >= 0.3 is 15.2 Å². The maximum Gasteiger partial charge on any atom is 0.361 e. The molecule has 2 N–H and O–H groups in total. The van der Waals surface area contributed by atoms with Crippen molar-refractivity contribution in [2.24, 2.45) is 0 Å². The highest BCUT2D eigenvalue weighted by Crippen LogP contribution is 2.54. The molecule has 0 fully saturated rings. The molecule has 0 saturated heterocycles. The molecule has 1 unspecified atom stereocenters. The third-order valence-electron chi connectivity index (χ3n) is 9.23. The van der Waals surface area contributed by atoms with Crippen molar-refractivity contribution >= 4 is 79.6 Å². The number of aryl methyl sites for hydroxylation is 1. The first-order valence-electron chi connectivity index (χ1n) is 16.0. The molecule has 2 amide bonds. The third-order valence-corrected chi connectivity index (χ3v) is 12.3. The summed E-state index contributed by atoms with van der Waals surface area (Å²) in [6.45, 7) is 3.85. The van der Waals surface area contributed by atoms with Gasteiger partial charge in [0.15, 0.2) is 0 Å². The molecule has 49 heavy (non-hydrogen) atoms. The topological polar surface area (TPSA) is 134 Å². The predicted molar refractivity (Wildman–Crippen MR) is 192 cm³/mol. The van der Waals surface area contributed by atoms with Crippen molar-refractivity contribution < 1.29 is 37.6 Å². The number of carbonyl (C=O) groups is 2. The number of rotatable bonds is 12. The van der Waals surface area contributed by atoms with Gasteiger partial charge in [0.1, 0.15) is 0 Å². The Bertz CT molecular complexity index is 2130. The van der Waals surface area contributed by atoms with Crippen molar-refractivity contribution in [1.82, 2.24) is 0 Å². The Hall–Kier alpha value is -4.40. The summed E-state index contributed by atoms with van der Waals surface area (Å²) in [6.07, 6.45) is 10.8. The van der Waals surface area contributed by atoms with Crippen LogP contribution in [0, 0.1) is 0 Å². The molecule has 1 atom stereocenters. The Morgan fingerprint density at radius 2 is 1.37 bits per heavy atom. The first kappa shape index (κ1) is 33.1. The summed E-state index contributed by atoms with van der Waals surface area (Å²) in [7, 11) is -8.13. The Morgan fingerprint density at radius 3 is 1.96 bits per heavy atom. The van der Waals surface area contributed by atoms with Gasteiger partial charge < -0.3 is 18.8 Å². The Morgan fingerprint density at radius 1 is 0.755 bits per heavy atom. The highest BCUT2D eigenvalue weighted by molar-refractivity contribution is 7.62. The molecule has 6 bridgehead atoms. The molecule has 3 aliphatic carbocycles. The van der Waals surface area contributed by atoms with Crippen LogP contribution >= 0.6 is 15.2 Å². The van der Waals surface area contributed by atoms with Crippen molar-refractivity contribution in [3.05, 3.63) is 112 Å². The molecule has 0 aromatic heterocycles. The van der Waals surface area contributed by atoms with Crippen LogP contribution in [-0.4, -0.2) is 35.8 Å². The van der Waals surface area contributed by atoms with Crippen molar-refractivity contribution in [3.63, 3.8) is 0 Å². The van der Waals surface area contributed by atoms with Gasteiger partial charge in [0, 0.05) is 22.9 Å². The highest BCUT2D eigenvalue weighted by atomic mass is 31.2. The monoisotopic (exact) mass is 696 g/mol. The number of fused-ring (bicyclic) bond motifs is 1. The van der Waals surface area contributed by atoms with Crippen molar-refractivity contribution in [2.45, 2.75) is 32.6 Å². The minimum Gasteiger partial charge on any atom is -0.321 e. The smallest absolute Gasteiger partial charge is 0.321 e. The Balaban J connectivity index is 1.49. The summed E-state index contributed by atoms with van der Waals surface area (Å²) in [4.78, 5) is 49.0. The molecule has 12 heteroatoms. The van der Waals surface area contributed by atoms with E-state index >= 15 is 0 Å². The van der Waals surface area contributed by atoms with Crippen molar-refractivity contribution in [1.29, 1.82) is 0 Å². The normalized spacial score (nSPS) is 15.5. The number of anilines is 4. The van der Waals surface area contributed by atoms with Crippen LogP contribution in [0.15, 0.2) is 72.8 Å². The molecule has 4 aromatic carbocycles. The second kappa shape index (κ2) is 12.8. The number of carbonyl (C=O) groups excluding carboxylic acids is 2. The zero-order valence-electron chi connectivity index (χ0n) is 26.9. The van der Waals surface area contributed by atoms with E-state index in [1.54, 1.807) is 38.1 Å². The van der Waals surface area contributed by atoms with Crippen LogP contribution in [0.3, 0.4) is 0 Å². The van der Waals surface area contributed by atoms with Crippen LogP contribution in [0.4, 0.5) is 22.7 Å². The molecule has 0 radical (unpaired) electrons. The largest absolute Gasteiger partial charge is 0.361 e. The molecule has 7 rings (SSSR count). The molecule has 0 spiro atoms. The molecular formula is C37H34N2O8P2. The maximum atomic E-state index is 13.5. The number of nitrogens with zero attached hydrogens (tertiary/aromatic N) is 2. The molecule has 0 aliphatic heterocycles. The third kappa shape index (κ3) is 5.65. The summed E-state index contributed by atoms with van der Waals surface area (Å²) in [5.74, 6) is -0.0553. The summed E-state index contributed by atoms with van der Waals surface area (Å²) >= 11 is 0. The van der Waals surface area contributed by atoms with Gasteiger partial charge in [-0.15, -0.1) is 0 Å². The molecule has 4 aromatic rings. The fourth-order valence-corrected chi connectivity index (χ4v) is 9.23. The fraction of sp³-hybridized carbons (Fsp3) is 0.189. The van der Waals surface area contributed by atoms with Gasteiger partial charge in [0.05, 0.1) is 35.2 Å². The lowest BCUT2D eigenvalue weighted by molar-refractivity contribution is -0.107. The lowest BCUT2D eigenvalue weighted by atomic mass is 9.86. The van der Waals surface area contributed by atoms with Gasteiger partial charge in [-0.05, 0) is 109 Å². The van der Waals surface area contributed by atoms with Crippen LogP contribution in [0.25, 0.3) is 18.2 Å². The van der Waals surface area contributed by atoms with Crippen molar-refractivity contribution in [3.8, 4) is 0 Å². The van der Waals surface area contributed by atoms with Crippen LogP contribution in [0.2, 0.25) is 0 Å². The standard InChI is InChI=1S/C37H34N2O8P2/c1-3-46-49(45,47-4-2)29-15-11-27(12-16-29)39(23-41)37-33-18-8-25-7-5-24-6-17-32(30-19-20-31(35(30)33)34(25)21-24)36(37)38(22-40)26-9-13-28(14-10-26)48(42,43)44/h5-7,9-17,19-23,31H,3-4,8,18H2,1-2H3,(H2,42,43,44). The van der Waals surface area contributed by atoms with E-state index in [1.807, 2.05) is 12.2 Å². The van der Waals surface area contributed by atoms with E-state index in [9.17, 15) is 28.5 Å². The second-order valence-corrected chi connectivity index (χ2v) is 15.5. The Kier molecular flexibility index (Phi) is 8.66. The molecule has 0 saturated carbocycles. The zero-order valence-corrected chi connectivity index (χ0v) is 28.6. The first-order chi connectivity index (χ1) is 23.6. The number of allylic oxidation sites excluding steroid dienone is 1. The quantitative estimate of drug-likeness (QED) is 0.123. The van der Waals surface area contributed by atoms with Gasteiger partial charge in [-0.2, -0.15) is 0 Å². The van der Waals surface area contributed by atoms with E-state index in [4.69, 9.17) is 9.05 Å². The van der Waals surface area contributed by atoms with E-state index < -0.39 is 15.2 Å². The second-order valence-electron chi connectivity index (χ2n) is 11.9. The number of hydrogen-bond acceptors (Lipinski definition) is 6. The van der Waals surface area contributed by atoms with Crippen LogP contribution in [0.1, 0.15) is 58.7 Å². The summed E-state index contributed by atoms with van der Waals surface area (Å²) in [5, 5.41) is 0.169. The SMILES string of the molecule is CCOP(=O)(OCC)c1ccc(N(C=O)c2c3c4c5c(c2N(C=O)c2ccc(P(=O)(O)O)cc2)C=Cc2ccc(c(c2)C4C=C5)CC3)cc1. The predicted octanol–water partition coefficient (Wildman–Crippen LogP) is 6.71. The minimum absolute atomic E-state index is 0.0553. The number of amides is 2. The van der Waals surface area contributed by atoms with Crippen LogP contribution in [0.5, 0.6) is 0 Å². The molecule has 10 nitrogen and oxygen atoms in total. The lowest BCUT2D eigenvalue weighted by Crippen LogP contribution is -2.25. The van der Waals surface area contributed by atoms with Gasteiger partial charge in [-0.25, -0.2) is 0 Å². The molecule has 250 valence electrons. The average Bonchev–Trinajstić information content (AvgIpc) is 3.46. The first-order valence-corrected chi connectivity index (χ1v) is 19.1. The number of benzene rings is 4. The van der Waals surface area contributed by atoms with Crippen LogP contribution in [-0.2, 0) is 40.6 Å². The van der Waals surface area contributed by atoms with Gasteiger partial charge in [0.2, 0.25) is 12.8 Å². The molecular weight excluding hydrogens is 662 g/mol. The van der Waals surface area contributed by atoms with Crippen LogP contribution < -0.4 is 20.4 Å². The highest BCUT2D eigenvalue weighted by Gasteiger charge is 2.37. The van der Waals surface area contributed by atoms with E-state index in [0.29, 0.717) is 59.3 Å². The fourth-order valence-electron chi connectivity index (χ4n) is 7.13. The zero-order chi connectivity index (χ0) is 34.5. The number of hydrogen-bond donors (Lipinski definition) is 2. The molecule has 0 heterocycles. The van der Waals surface area contributed by atoms with Gasteiger partial charge in [-0.1, -0.05) is 42.5 Å². The average molecular weight is 697 g/mol. The van der Waals surface area contributed by atoms with Gasteiger partial charge in [-0.3, -0.25) is 28.5 Å². The maximum absolute atomic E-state index is 13.5. The van der Waals surface area contributed by atoms with E-state index in [1.165, 1.54) is 45.2 Å². The van der Waals surface area contributed by atoms with E-state index in [-0.39, 0.29) is 24.4 Å². The summed E-state index contributed by atoms with van der Waals surface area (Å²) < 4.78 is 36.6. The minimum atomic E-state index is -4.53. The Labute approximate surface area is 284 Å². The van der Waals surface area contributed by atoms with Gasteiger partial charge in [0.25, 0.3) is 0 Å². The van der Waals surface area contributed by atoms with E-state index in [0.717, 1.165) is 22.3 Å². The lowest BCUT2D eigenvalue weighted by Gasteiger charge is -2.33. The summed E-state index contributed by atoms with van der Waals surface area (Å²) in [6, 6.07) is 18.6.